The maximum atomic E-state index is 12.3. The molecule has 8 nitrogen and oxygen atoms in total. The number of nitrogens with one attached hydrogen (secondary N) is 1. The number of nitrogens with zero attached hydrogens (tertiary/aromatic N) is 2. The summed E-state index contributed by atoms with van der Waals surface area (Å²) in [5.41, 5.74) is 1.57. The number of carboxylic acids is 1. The van der Waals surface area contributed by atoms with Crippen LogP contribution in [-0.4, -0.2) is 32.7 Å². The summed E-state index contributed by atoms with van der Waals surface area (Å²) >= 11 is 1.24. The molecule has 2 heterocycles. The third-order valence-electron chi connectivity index (χ3n) is 3.96. The van der Waals surface area contributed by atoms with E-state index in [-0.39, 0.29) is 16.9 Å². The molecule has 0 aliphatic rings. The molecule has 2 aromatic rings. The number of aromatic nitrogens is 2. The number of carbonyl (C=O) groups excluding carboxylic acids is 2. The molecule has 0 fully saturated rings. The summed E-state index contributed by atoms with van der Waals surface area (Å²) in [4.78, 5) is 46.4. The van der Waals surface area contributed by atoms with Crippen molar-refractivity contribution >= 4 is 23.6 Å². The number of rotatable bonds is 6. The van der Waals surface area contributed by atoms with Crippen LogP contribution in [0.25, 0.3) is 0 Å². The van der Waals surface area contributed by atoms with Crippen molar-refractivity contribution in [1.82, 2.24) is 14.3 Å². The number of fused-ring (bicyclic) bond motifs is 1. The zero-order valence-corrected chi connectivity index (χ0v) is 14.7. The second kappa shape index (κ2) is 6.68. The Bertz CT molecular complexity index is 914. The summed E-state index contributed by atoms with van der Waals surface area (Å²) in [6.07, 6.45) is 0. The summed E-state index contributed by atoms with van der Waals surface area (Å²) < 4.78 is 2.68. The van der Waals surface area contributed by atoms with Gasteiger partial charge in [-0.25, -0.2) is 0 Å². The highest BCUT2D eigenvalue weighted by molar-refractivity contribution is 7.98. The first kappa shape index (κ1) is 18.1. The SMILES string of the molecule is CC(=O)N[C@@H](CSCc1c(C)c(=O)n2c(=O)c(C)c(C)n12)C(=O)[O-]. The van der Waals surface area contributed by atoms with Crippen molar-refractivity contribution in [3.05, 3.63) is 43.2 Å². The standard InChI is InChI=1S/C15H19N3O5S/c1-7-9(3)17-12(8(2)14(21)18(17)13(7)20)6-24-5-11(15(22)23)16-10(4)19/h11H,5-6H2,1-4H3,(H,16,19)(H,22,23)/p-1/t11-/m0/s1. The number of aliphatic carboxylic acids is 1. The maximum Gasteiger partial charge on any atom is 0.277 e. The molecule has 0 bridgehead atoms. The predicted octanol–water partition coefficient (Wildman–Crippen LogP) is -1.39. The van der Waals surface area contributed by atoms with Crippen molar-refractivity contribution < 1.29 is 14.7 Å². The highest BCUT2D eigenvalue weighted by Gasteiger charge is 2.20. The van der Waals surface area contributed by atoms with E-state index in [0.717, 1.165) is 4.52 Å². The number of aryl methyl sites for hydroxylation is 1. The van der Waals surface area contributed by atoms with Crippen LogP contribution in [0.15, 0.2) is 9.59 Å². The quantitative estimate of drug-likeness (QED) is 0.685. The van der Waals surface area contributed by atoms with Gasteiger partial charge in [-0.15, -0.1) is 0 Å². The Balaban J connectivity index is 2.28. The van der Waals surface area contributed by atoms with Crippen LogP contribution in [0.5, 0.6) is 0 Å². The lowest BCUT2D eigenvalue weighted by Gasteiger charge is -2.18. The molecule has 0 radical (unpaired) electrons. The summed E-state index contributed by atoms with van der Waals surface area (Å²) in [6.45, 7) is 6.28. The van der Waals surface area contributed by atoms with Crippen molar-refractivity contribution in [1.29, 1.82) is 0 Å². The Kier molecular flexibility index (Phi) is 5.02. The fraction of sp³-hybridized carbons (Fsp3) is 0.467. The Hall–Kier alpha value is -2.29. The second-order valence-corrected chi connectivity index (χ2v) is 6.63. The molecule has 130 valence electrons. The van der Waals surface area contributed by atoms with Crippen molar-refractivity contribution in [2.45, 2.75) is 39.5 Å². The zero-order chi connectivity index (χ0) is 18.2. The van der Waals surface area contributed by atoms with Gasteiger partial charge < -0.3 is 15.2 Å². The van der Waals surface area contributed by atoms with E-state index in [1.165, 1.54) is 18.7 Å². The van der Waals surface area contributed by atoms with E-state index in [1.54, 1.807) is 25.3 Å². The molecule has 0 saturated carbocycles. The zero-order valence-electron chi connectivity index (χ0n) is 13.8. The average molecular weight is 352 g/mol. The topological polar surface area (TPSA) is 112 Å². The van der Waals surface area contributed by atoms with Crippen LogP contribution < -0.4 is 21.5 Å². The fourth-order valence-corrected chi connectivity index (χ4v) is 3.62. The van der Waals surface area contributed by atoms with Crippen molar-refractivity contribution in [2.24, 2.45) is 0 Å². The molecule has 0 aliphatic carbocycles. The average Bonchev–Trinajstić information content (AvgIpc) is 2.87. The first-order valence-corrected chi connectivity index (χ1v) is 8.44. The number of carboxylic acid groups (broad SMARTS) is 1. The summed E-state index contributed by atoms with van der Waals surface area (Å²) in [5, 5.41) is 13.3. The Morgan fingerprint density at radius 2 is 1.71 bits per heavy atom. The third kappa shape index (κ3) is 3.03. The molecule has 1 amide bonds. The van der Waals surface area contributed by atoms with Crippen molar-refractivity contribution in [3.8, 4) is 0 Å². The van der Waals surface area contributed by atoms with Crippen LogP contribution in [-0.2, 0) is 15.3 Å². The predicted molar refractivity (Wildman–Crippen MR) is 87.6 cm³/mol. The first-order valence-electron chi connectivity index (χ1n) is 7.28. The lowest BCUT2D eigenvalue weighted by atomic mass is 10.2. The number of carbonyl (C=O) groups is 2. The van der Waals surface area contributed by atoms with Gasteiger partial charge >= 0.3 is 0 Å². The van der Waals surface area contributed by atoms with E-state index in [0.29, 0.717) is 28.3 Å². The first-order chi connectivity index (χ1) is 11.2. The van der Waals surface area contributed by atoms with Gasteiger partial charge in [0.1, 0.15) is 0 Å². The highest BCUT2D eigenvalue weighted by Crippen LogP contribution is 2.17. The van der Waals surface area contributed by atoms with Crippen molar-refractivity contribution in [2.75, 3.05) is 5.75 Å². The highest BCUT2D eigenvalue weighted by atomic mass is 32.2. The minimum absolute atomic E-state index is 0.0937. The Labute approximate surface area is 141 Å². The number of thioether (sulfide) groups is 1. The summed E-state index contributed by atoms with van der Waals surface area (Å²) in [5.74, 6) is -1.40. The smallest absolute Gasteiger partial charge is 0.277 e. The fourth-order valence-electron chi connectivity index (χ4n) is 2.52. The lowest BCUT2D eigenvalue weighted by Crippen LogP contribution is -2.48. The lowest BCUT2D eigenvalue weighted by molar-refractivity contribution is -0.307. The van der Waals surface area contributed by atoms with Crippen LogP contribution in [0.4, 0.5) is 0 Å². The van der Waals surface area contributed by atoms with E-state index in [1.807, 2.05) is 0 Å². The molecule has 0 unspecified atom stereocenters. The van der Waals surface area contributed by atoms with Crippen LogP contribution in [0.2, 0.25) is 0 Å². The van der Waals surface area contributed by atoms with Crippen LogP contribution in [0.3, 0.4) is 0 Å². The molecule has 0 aliphatic heterocycles. The number of hydrogen-bond acceptors (Lipinski definition) is 6. The maximum absolute atomic E-state index is 12.3. The van der Waals surface area contributed by atoms with Crippen LogP contribution >= 0.6 is 11.8 Å². The largest absolute Gasteiger partial charge is 0.548 e. The molecule has 2 aromatic heterocycles. The van der Waals surface area contributed by atoms with E-state index >= 15 is 0 Å². The van der Waals surface area contributed by atoms with E-state index in [9.17, 15) is 24.3 Å². The molecular weight excluding hydrogens is 334 g/mol. The molecule has 24 heavy (non-hydrogen) atoms. The van der Waals surface area contributed by atoms with Gasteiger partial charge in [0.25, 0.3) is 11.1 Å². The normalized spacial score (nSPS) is 12.5. The number of hydrogen-bond donors (Lipinski definition) is 1. The van der Waals surface area contributed by atoms with E-state index < -0.39 is 17.9 Å². The molecular formula is C15H18N3O5S-. The van der Waals surface area contributed by atoms with E-state index in [4.69, 9.17) is 0 Å². The van der Waals surface area contributed by atoms with Gasteiger partial charge in [0.15, 0.2) is 0 Å². The van der Waals surface area contributed by atoms with Gasteiger partial charge in [0.2, 0.25) is 5.91 Å². The minimum Gasteiger partial charge on any atom is -0.548 e. The summed E-state index contributed by atoms with van der Waals surface area (Å²) in [7, 11) is 0. The molecule has 2 rings (SSSR count). The third-order valence-corrected chi connectivity index (χ3v) is 5.01. The van der Waals surface area contributed by atoms with Gasteiger partial charge in [-0.2, -0.15) is 16.3 Å². The van der Waals surface area contributed by atoms with Gasteiger partial charge in [-0.1, -0.05) is 0 Å². The Morgan fingerprint density at radius 3 is 2.25 bits per heavy atom. The molecule has 1 atom stereocenters. The van der Waals surface area contributed by atoms with Crippen LogP contribution in [0.1, 0.15) is 29.4 Å². The second-order valence-electron chi connectivity index (χ2n) is 5.60. The summed E-state index contributed by atoms with van der Waals surface area (Å²) in [6, 6.07) is -1.11. The number of amides is 1. The Morgan fingerprint density at radius 1 is 1.12 bits per heavy atom. The van der Waals surface area contributed by atoms with Crippen LogP contribution in [0, 0.1) is 20.8 Å². The minimum atomic E-state index is -1.37. The molecule has 0 saturated heterocycles. The molecule has 1 N–H and O–H groups in total. The van der Waals surface area contributed by atoms with Crippen molar-refractivity contribution in [3.63, 3.8) is 0 Å². The molecule has 0 aromatic carbocycles. The van der Waals surface area contributed by atoms with Gasteiger partial charge in [-0.3, -0.25) is 18.9 Å². The monoisotopic (exact) mass is 352 g/mol. The van der Waals surface area contributed by atoms with Gasteiger partial charge in [0, 0.05) is 35.3 Å². The van der Waals surface area contributed by atoms with Gasteiger partial charge in [0.05, 0.1) is 17.7 Å². The van der Waals surface area contributed by atoms with Gasteiger partial charge in [-0.05, 0) is 20.8 Å². The molecule has 9 heteroatoms. The van der Waals surface area contributed by atoms with E-state index in [2.05, 4.69) is 5.32 Å². The molecule has 0 spiro atoms.